The SMILES string of the molecule is CSc1sc2cc(CBr)ccc2c1O. The number of benzene rings is 1. The Labute approximate surface area is 99.3 Å². The lowest BCUT2D eigenvalue weighted by Crippen LogP contribution is -1.73. The number of alkyl halides is 1. The quantitative estimate of drug-likeness (QED) is 0.659. The van der Waals surface area contributed by atoms with E-state index in [1.165, 1.54) is 5.56 Å². The summed E-state index contributed by atoms with van der Waals surface area (Å²) in [6, 6.07) is 6.14. The van der Waals surface area contributed by atoms with Gasteiger partial charge >= 0.3 is 0 Å². The maximum absolute atomic E-state index is 9.83. The Morgan fingerprint density at radius 2 is 2.29 bits per heavy atom. The molecule has 2 aromatic rings. The van der Waals surface area contributed by atoms with Gasteiger partial charge in [0, 0.05) is 15.4 Å². The average molecular weight is 289 g/mol. The van der Waals surface area contributed by atoms with Crippen LogP contribution in [-0.4, -0.2) is 11.4 Å². The van der Waals surface area contributed by atoms with E-state index in [1.807, 2.05) is 18.4 Å². The zero-order valence-corrected chi connectivity index (χ0v) is 10.8. The standard InChI is InChI=1S/C10H9BrOS2/c1-13-10-9(12)7-3-2-6(5-11)4-8(7)14-10/h2-4,12H,5H2,1H3. The normalized spacial score (nSPS) is 11.0. The summed E-state index contributed by atoms with van der Waals surface area (Å²) in [4.78, 5) is 0. The second kappa shape index (κ2) is 4.13. The maximum atomic E-state index is 9.83. The molecule has 0 bridgehead atoms. The highest BCUT2D eigenvalue weighted by atomic mass is 79.9. The number of fused-ring (bicyclic) bond motifs is 1. The van der Waals surface area contributed by atoms with Gasteiger partial charge in [0.05, 0.1) is 0 Å². The predicted octanol–water partition coefficient (Wildman–Crippen LogP) is 4.22. The molecule has 74 valence electrons. The molecule has 0 unspecified atom stereocenters. The van der Waals surface area contributed by atoms with E-state index in [2.05, 4.69) is 22.0 Å². The van der Waals surface area contributed by atoms with Crippen LogP contribution in [0.4, 0.5) is 0 Å². The van der Waals surface area contributed by atoms with Crippen molar-refractivity contribution in [1.82, 2.24) is 0 Å². The Kier molecular flexibility index (Phi) is 3.04. The van der Waals surface area contributed by atoms with E-state index in [1.54, 1.807) is 23.1 Å². The fourth-order valence-electron chi connectivity index (χ4n) is 1.33. The molecule has 0 aliphatic carbocycles. The lowest BCUT2D eigenvalue weighted by Gasteiger charge is -1.95. The van der Waals surface area contributed by atoms with Gasteiger partial charge in [-0.25, -0.2) is 0 Å². The molecule has 0 spiro atoms. The number of aromatic hydroxyl groups is 1. The summed E-state index contributed by atoms with van der Waals surface area (Å²) in [5, 5.41) is 11.7. The van der Waals surface area contributed by atoms with Gasteiger partial charge in [-0.3, -0.25) is 0 Å². The largest absolute Gasteiger partial charge is 0.505 e. The Hall–Kier alpha value is -0.190. The molecule has 0 fully saturated rings. The molecular formula is C10H9BrOS2. The van der Waals surface area contributed by atoms with Crippen molar-refractivity contribution in [2.24, 2.45) is 0 Å². The van der Waals surface area contributed by atoms with Gasteiger partial charge in [0.2, 0.25) is 0 Å². The van der Waals surface area contributed by atoms with Crippen LogP contribution in [-0.2, 0) is 5.33 Å². The highest BCUT2D eigenvalue weighted by molar-refractivity contribution is 9.08. The highest BCUT2D eigenvalue weighted by Crippen LogP contribution is 2.42. The third kappa shape index (κ3) is 1.66. The summed E-state index contributed by atoms with van der Waals surface area (Å²) in [6.07, 6.45) is 1.98. The van der Waals surface area contributed by atoms with Crippen molar-refractivity contribution in [3.63, 3.8) is 0 Å². The van der Waals surface area contributed by atoms with Crippen molar-refractivity contribution in [3.8, 4) is 5.75 Å². The van der Waals surface area contributed by atoms with Gasteiger partial charge in [0.25, 0.3) is 0 Å². The molecule has 1 aromatic heterocycles. The fourth-order valence-corrected chi connectivity index (χ4v) is 3.47. The molecule has 0 atom stereocenters. The molecule has 0 aliphatic heterocycles. The van der Waals surface area contributed by atoms with E-state index in [-0.39, 0.29) is 0 Å². The van der Waals surface area contributed by atoms with Gasteiger partial charge in [-0.05, 0) is 24.0 Å². The summed E-state index contributed by atoms with van der Waals surface area (Å²) in [5.74, 6) is 0.429. The van der Waals surface area contributed by atoms with Crippen LogP contribution in [0.2, 0.25) is 0 Å². The van der Waals surface area contributed by atoms with Gasteiger partial charge in [-0.1, -0.05) is 22.0 Å². The molecule has 2 rings (SSSR count). The topological polar surface area (TPSA) is 20.2 Å². The number of rotatable bonds is 2. The van der Waals surface area contributed by atoms with Gasteiger partial charge < -0.3 is 5.11 Å². The fraction of sp³-hybridized carbons (Fsp3) is 0.200. The van der Waals surface area contributed by atoms with Gasteiger partial charge in [0.15, 0.2) is 0 Å². The molecule has 0 amide bonds. The third-order valence-electron chi connectivity index (χ3n) is 2.04. The zero-order chi connectivity index (χ0) is 10.1. The molecule has 0 saturated heterocycles. The van der Waals surface area contributed by atoms with Gasteiger partial charge in [0.1, 0.15) is 9.96 Å². The van der Waals surface area contributed by atoms with E-state index in [0.717, 1.165) is 19.6 Å². The first-order chi connectivity index (χ1) is 6.76. The number of hydrogen-bond acceptors (Lipinski definition) is 3. The van der Waals surface area contributed by atoms with Crippen LogP contribution < -0.4 is 0 Å². The van der Waals surface area contributed by atoms with Crippen molar-refractivity contribution in [3.05, 3.63) is 23.8 Å². The molecule has 1 nitrogen and oxygen atoms in total. The first-order valence-electron chi connectivity index (χ1n) is 4.10. The highest BCUT2D eigenvalue weighted by Gasteiger charge is 2.09. The lowest BCUT2D eigenvalue weighted by molar-refractivity contribution is 0.473. The second-order valence-corrected chi connectivity index (χ2v) is 5.59. The molecular weight excluding hydrogens is 280 g/mol. The maximum Gasteiger partial charge on any atom is 0.147 e. The Balaban J connectivity index is 2.66. The summed E-state index contributed by atoms with van der Waals surface area (Å²) in [5.41, 5.74) is 1.24. The van der Waals surface area contributed by atoms with Crippen molar-refractivity contribution < 1.29 is 5.11 Å². The van der Waals surface area contributed by atoms with Crippen LogP contribution in [0.25, 0.3) is 10.1 Å². The minimum Gasteiger partial charge on any atom is -0.505 e. The number of thiophene rings is 1. The third-order valence-corrected chi connectivity index (χ3v) is 4.93. The zero-order valence-electron chi connectivity index (χ0n) is 7.58. The van der Waals surface area contributed by atoms with Crippen molar-refractivity contribution in [2.45, 2.75) is 9.54 Å². The van der Waals surface area contributed by atoms with E-state index in [4.69, 9.17) is 0 Å². The summed E-state index contributed by atoms with van der Waals surface area (Å²) in [7, 11) is 0. The smallest absolute Gasteiger partial charge is 0.147 e. The lowest BCUT2D eigenvalue weighted by atomic mass is 10.2. The number of thioether (sulfide) groups is 1. The van der Waals surface area contributed by atoms with Crippen LogP contribution in [0.15, 0.2) is 22.4 Å². The van der Waals surface area contributed by atoms with Crippen LogP contribution in [0, 0.1) is 0 Å². The van der Waals surface area contributed by atoms with E-state index < -0.39 is 0 Å². The monoisotopic (exact) mass is 288 g/mol. The van der Waals surface area contributed by atoms with Crippen LogP contribution >= 0.6 is 39.0 Å². The molecule has 1 aromatic carbocycles. The Bertz CT molecular complexity index is 464. The molecule has 0 aliphatic rings. The van der Waals surface area contributed by atoms with Crippen LogP contribution in [0.3, 0.4) is 0 Å². The average Bonchev–Trinajstić information content (AvgIpc) is 2.55. The van der Waals surface area contributed by atoms with Gasteiger partial charge in [-0.15, -0.1) is 23.1 Å². The van der Waals surface area contributed by atoms with Crippen molar-refractivity contribution in [1.29, 1.82) is 0 Å². The van der Waals surface area contributed by atoms with Crippen LogP contribution in [0.1, 0.15) is 5.56 Å². The molecule has 0 saturated carbocycles. The van der Waals surface area contributed by atoms with Crippen molar-refractivity contribution in [2.75, 3.05) is 6.26 Å². The molecule has 0 radical (unpaired) electrons. The number of halogens is 1. The van der Waals surface area contributed by atoms with Crippen molar-refractivity contribution >= 4 is 49.1 Å². The minimum absolute atomic E-state index is 0.429. The predicted molar refractivity (Wildman–Crippen MR) is 67.9 cm³/mol. The van der Waals surface area contributed by atoms with E-state index in [9.17, 15) is 5.11 Å². The molecule has 1 heterocycles. The Morgan fingerprint density at radius 1 is 1.50 bits per heavy atom. The second-order valence-electron chi connectivity index (χ2n) is 2.91. The molecule has 4 heteroatoms. The molecule has 1 N–H and O–H groups in total. The first-order valence-corrected chi connectivity index (χ1v) is 7.27. The summed E-state index contributed by atoms with van der Waals surface area (Å²) < 4.78 is 2.15. The summed E-state index contributed by atoms with van der Waals surface area (Å²) >= 11 is 6.66. The Morgan fingerprint density at radius 3 is 2.93 bits per heavy atom. The van der Waals surface area contributed by atoms with Gasteiger partial charge in [-0.2, -0.15) is 0 Å². The summed E-state index contributed by atoms with van der Waals surface area (Å²) in [6.45, 7) is 0. The van der Waals surface area contributed by atoms with E-state index in [0.29, 0.717) is 5.75 Å². The number of hydrogen-bond donors (Lipinski definition) is 1. The minimum atomic E-state index is 0.429. The molecule has 14 heavy (non-hydrogen) atoms. The first kappa shape index (κ1) is 10.3. The van der Waals surface area contributed by atoms with E-state index >= 15 is 0 Å². The van der Waals surface area contributed by atoms with Crippen LogP contribution in [0.5, 0.6) is 5.75 Å².